The quantitative estimate of drug-likeness (QED) is 0.305. The zero-order valence-electron chi connectivity index (χ0n) is 20.4. The van der Waals surface area contributed by atoms with E-state index >= 15 is 0 Å². The summed E-state index contributed by atoms with van der Waals surface area (Å²) < 4.78 is 7.81. The van der Waals surface area contributed by atoms with Crippen molar-refractivity contribution in [1.29, 1.82) is 0 Å². The molecule has 6 rings (SSSR count). The summed E-state index contributed by atoms with van der Waals surface area (Å²) in [5, 5.41) is 4.90. The van der Waals surface area contributed by atoms with Gasteiger partial charge in [0, 0.05) is 21.7 Å². The number of nitrogens with zero attached hydrogens (tertiary/aromatic N) is 2. The van der Waals surface area contributed by atoms with Gasteiger partial charge in [-0.25, -0.2) is 4.79 Å². The van der Waals surface area contributed by atoms with E-state index in [9.17, 15) is 4.79 Å². The van der Waals surface area contributed by atoms with Crippen molar-refractivity contribution in [2.45, 2.75) is 45.2 Å². The van der Waals surface area contributed by atoms with Gasteiger partial charge in [-0.15, -0.1) is 11.3 Å². The Morgan fingerprint density at radius 2 is 1.89 bits per heavy atom. The average Bonchev–Trinajstić information content (AvgIpc) is 3.47. The van der Waals surface area contributed by atoms with Gasteiger partial charge in [-0.3, -0.25) is 0 Å². The number of urea groups is 1. The lowest BCUT2D eigenvalue weighted by atomic mass is 9.95. The molecule has 4 aromatic rings. The Kier molecular flexibility index (Phi) is 6.02. The molecule has 2 aromatic heterocycles. The number of hydrogen-bond donors (Lipinski definition) is 1. The van der Waals surface area contributed by atoms with Gasteiger partial charge in [0.2, 0.25) is 0 Å². The third kappa shape index (κ3) is 3.98. The molecule has 1 aliphatic carbocycles. The largest absolute Gasteiger partial charge is 0.495 e. The van der Waals surface area contributed by atoms with E-state index in [2.05, 4.69) is 59.4 Å². The van der Waals surface area contributed by atoms with E-state index in [1.165, 1.54) is 39.4 Å². The van der Waals surface area contributed by atoms with Crippen LogP contribution < -0.4 is 10.1 Å². The molecule has 5 nitrogen and oxygen atoms in total. The second kappa shape index (κ2) is 9.34. The Bertz CT molecular complexity index is 1440. The van der Waals surface area contributed by atoms with Gasteiger partial charge in [0.1, 0.15) is 10.8 Å². The van der Waals surface area contributed by atoms with E-state index in [1.807, 2.05) is 16.2 Å². The molecule has 0 unspecified atom stereocenters. The molecule has 2 aliphatic rings. The Balaban J connectivity index is 1.49. The molecule has 184 valence electrons. The Morgan fingerprint density at radius 3 is 2.69 bits per heavy atom. The summed E-state index contributed by atoms with van der Waals surface area (Å²) in [6, 6.07) is 17.5. The van der Waals surface area contributed by atoms with E-state index in [-0.39, 0.29) is 12.1 Å². The Hall–Kier alpha value is -3.22. The van der Waals surface area contributed by atoms with Crippen LogP contribution >= 0.6 is 22.9 Å². The molecule has 0 radical (unpaired) electrons. The van der Waals surface area contributed by atoms with Gasteiger partial charge in [-0.05, 0) is 74.1 Å². The van der Waals surface area contributed by atoms with Gasteiger partial charge in [-0.2, -0.15) is 0 Å². The van der Waals surface area contributed by atoms with Crippen molar-refractivity contribution < 1.29 is 9.53 Å². The second-order valence-electron chi connectivity index (χ2n) is 9.51. The molecule has 3 heterocycles. The van der Waals surface area contributed by atoms with E-state index in [0.717, 1.165) is 24.1 Å². The molecule has 1 aliphatic heterocycles. The fraction of sp³-hybridized carbons (Fsp3) is 0.276. The molecular weight excluding hydrogens is 490 g/mol. The normalized spacial score (nSPS) is 16.5. The number of amides is 2. The summed E-state index contributed by atoms with van der Waals surface area (Å²) in [6.07, 6.45) is 6.76. The number of nitrogens with one attached hydrogen (secondary N) is 1. The first-order chi connectivity index (χ1) is 17.5. The zero-order chi connectivity index (χ0) is 24.8. The van der Waals surface area contributed by atoms with Crippen LogP contribution in [0.5, 0.6) is 5.75 Å². The van der Waals surface area contributed by atoms with Gasteiger partial charge in [0.25, 0.3) is 0 Å². The van der Waals surface area contributed by atoms with Crippen LogP contribution in [0.1, 0.15) is 51.7 Å². The van der Waals surface area contributed by atoms with Gasteiger partial charge < -0.3 is 19.5 Å². The molecule has 1 atom stereocenters. The minimum absolute atomic E-state index is 0.183. The maximum absolute atomic E-state index is 14.1. The number of methoxy groups -OCH3 is 1. The van der Waals surface area contributed by atoms with Gasteiger partial charge in [0.15, 0.2) is 0 Å². The Labute approximate surface area is 220 Å². The Morgan fingerprint density at radius 1 is 1.08 bits per heavy atom. The summed E-state index contributed by atoms with van der Waals surface area (Å²) in [6.45, 7) is 2.62. The van der Waals surface area contributed by atoms with Crippen LogP contribution in [-0.4, -0.2) is 22.6 Å². The highest BCUT2D eigenvalue weighted by molar-refractivity contribution is 7.15. The van der Waals surface area contributed by atoms with Crippen molar-refractivity contribution in [3.63, 3.8) is 0 Å². The van der Waals surface area contributed by atoms with Gasteiger partial charge in [-0.1, -0.05) is 41.4 Å². The van der Waals surface area contributed by atoms with E-state index in [1.54, 1.807) is 25.3 Å². The number of hydrogen-bond acceptors (Lipinski definition) is 3. The van der Waals surface area contributed by atoms with Crippen LogP contribution in [0, 0.1) is 6.92 Å². The van der Waals surface area contributed by atoms with Crippen molar-refractivity contribution in [3.8, 4) is 10.8 Å². The first-order valence-corrected chi connectivity index (χ1v) is 13.5. The summed E-state index contributed by atoms with van der Waals surface area (Å²) >= 11 is 8.16. The number of benzene rings is 2. The van der Waals surface area contributed by atoms with Crippen molar-refractivity contribution in [2.75, 3.05) is 12.4 Å². The fourth-order valence-corrected chi connectivity index (χ4v) is 7.03. The maximum Gasteiger partial charge on any atom is 0.323 e. The SMILES string of the molecule is COc1ccc(Cl)cc1NC(=O)N1Cc2c(sc3c2CCCC3)-n2cccc2[C@H]1c1ccc(C)cc1. The van der Waals surface area contributed by atoms with Crippen LogP contribution in [0.15, 0.2) is 60.8 Å². The molecular formula is C29H28ClN3O2S. The minimum atomic E-state index is -0.246. The summed E-state index contributed by atoms with van der Waals surface area (Å²) in [4.78, 5) is 17.5. The highest BCUT2D eigenvalue weighted by Gasteiger charge is 2.36. The standard InChI is InChI=1S/C29H28ClN3O2S/c1-18-9-11-19(12-10-18)27-24-7-5-15-32(24)28-22(21-6-3-4-8-26(21)36-28)17-33(27)29(34)31-23-16-20(30)13-14-25(23)35-2/h5,7,9-16,27H,3-4,6,8,17H2,1-2H3,(H,31,34)/t27-/m1/s1. The number of carbonyl (C=O) groups is 1. The molecule has 0 spiro atoms. The number of thiophene rings is 1. The van der Waals surface area contributed by atoms with Crippen molar-refractivity contribution in [3.05, 3.63) is 98.6 Å². The highest BCUT2D eigenvalue weighted by Crippen LogP contribution is 2.44. The number of aryl methyl sites for hydroxylation is 2. The molecule has 0 saturated heterocycles. The van der Waals surface area contributed by atoms with Crippen molar-refractivity contribution >= 4 is 34.7 Å². The first-order valence-electron chi connectivity index (χ1n) is 12.3. The van der Waals surface area contributed by atoms with Crippen LogP contribution in [0.4, 0.5) is 10.5 Å². The number of fused-ring (bicyclic) bond motifs is 5. The average molecular weight is 518 g/mol. The van der Waals surface area contributed by atoms with Crippen LogP contribution in [0.25, 0.3) is 5.00 Å². The minimum Gasteiger partial charge on any atom is -0.495 e. The fourth-order valence-electron chi connectivity index (χ4n) is 5.45. The van der Waals surface area contributed by atoms with Crippen LogP contribution in [0.2, 0.25) is 5.02 Å². The van der Waals surface area contributed by atoms with Crippen molar-refractivity contribution in [1.82, 2.24) is 9.47 Å². The lowest BCUT2D eigenvalue weighted by Crippen LogP contribution is -2.38. The predicted molar refractivity (Wildman–Crippen MR) is 146 cm³/mol. The molecule has 36 heavy (non-hydrogen) atoms. The third-order valence-corrected chi connectivity index (χ3v) is 8.80. The highest BCUT2D eigenvalue weighted by atomic mass is 35.5. The molecule has 0 bridgehead atoms. The van der Waals surface area contributed by atoms with E-state index in [0.29, 0.717) is 23.0 Å². The molecule has 2 amide bonds. The number of ether oxygens (including phenoxy) is 1. The van der Waals surface area contributed by atoms with Crippen LogP contribution in [-0.2, 0) is 19.4 Å². The molecule has 7 heteroatoms. The molecule has 0 saturated carbocycles. The van der Waals surface area contributed by atoms with Crippen molar-refractivity contribution in [2.24, 2.45) is 0 Å². The van der Waals surface area contributed by atoms with E-state index in [4.69, 9.17) is 16.3 Å². The number of anilines is 1. The summed E-state index contributed by atoms with van der Waals surface area (Å²) in [7, 11) is 1.59. The molecule has 2 aromatic carbocycles. The lowest BCUT2D eigenvalue weighted by Gasteiger charge is -2.31. The smallest absolute Gasteiger partial charge is 0.323 e. The second-order valence-corrected chi connectivity index (χ2v) is 11.0. The first kappa shape index (κ1) is 23.2. The monoisotopic (exact) mass is 517 g/mol. The van der Waals surface area contributed by atoms with E-state index < -0.39 is 0 Å². The maximum atomic E-state index is 14.1. The summed E-state index contributed by atoms with van der Waals surface area (Å²) in [5.41, 5.74) is 6.63. The number of rotatable bonds is 3. The summed E-state index contributed by atoms with van der Waals surface area (Å²) in [5.74, 6) is 0.575. The number of carbonyl (C=O) groups excluding carboxylic acids is 1. The third-order valence-electron chi connectivity index (χ3n) is 7.24. The van der Waals surface area contributed by atoms with Gasteiger partial charge >= 0.3 is 6.03 Å². The topological polar surface area (TPSA) is 46.5 Å². The number of halogens is 1. The molecule has 0 fully saturated rings. The van der Waals surface area contributed by atoms with Crippen LogP contribution in [0.3, 0.4) is 0 Å². The zero-order valence-corrected chi connectivity index (χ0v) is 22.0. The van der Waals surface area contributed by atoms with Gasteiger partial charge in [0.05, 0.1) is 31.1 Å². The molecule has 1 N–H and O–H groups in total. The predicted octanol–water partition coefficient (Wildman–Crippen LogP) is 7.53. The number of aromatic nitrogens is 1. The lowest BCUT2D eigenvalue weighted by molar-refractivity contribution is 0.194.